The molecule has 2 aromatic rings. The Morgan fingerprint density at radius 2 is 1.71 bits per heavy atom. The van der Waals surface area contributed by atoms with Crippen molar-refractivity contribution in [1.29, 1.82) is 0 Å². The van der Waals surface area contributed by atoms with Gasteiger partial charge in [0.1, 0.15) is 0 Å². The van der Waals surface area contributed by atoms with E-state index < -0.39 is 0 Å². The van der Waals surface area contributed by atoms with Crippen LogP contribution in [-0.2, 0) is 0 Å². The van der Waals surface area contributed by atoms with Gasteiger partial charge < -0.3 is 15.5 Å². The first-order valence-corrected chi connectivity index (χ1v) is 6.97. The first-order valence-electron chi connectivity index (χ1n) is 6.97. The third-order valence-corrected chi connectivity index (χ3v) is 3.35. The van der Waals surface area contributed by atoms with Crippen LogP contribution in [0.2, 0.25) is 0 Å². The minimum absolute atomic E-state index is 0.0215. The van der Waals surface area contributed by atoms with Gasteiger partial charge in [-0.15, -0.1) is 0 Å². The molecular formula is C17H21N3O. The van der Waals surface area contributed by atoms with Crippen molar-refractivity contribution >= 4 is 23.0 Å². The Kier molecular flexibility index (Phi) is 4.48. The maximum absolute atomic E-state index is 12.7. The highest BCUT2D eigenvalue weighted by atomic mass is 16.2. The van der Waals surface area contributed by atoms with E-state index in [1.807, 2.05) is 74.4 Å². The summed E-state index contributed by atoms with van der Waals surface area (Å²) in [6, 6.07) is 15.0. The second-order valence-electron chi connectivity index (χ2n) is 5.09. The van der Waals surface area contributed by atoms with Crippen LogP contribution < -0.4 is 15.5 Å². The van der Waals surface area contributed by atoms with Crippen LogP contribution in [0.1, 0.15) is 17.3 Å². The molecule has 0 radical (unpaired) electrons. The molecule has 0 bridgehead atoms. The van der Waals surface area contributed by atoms with E-state index in [0.717, 1.165) is 11.4 Å². The van der Waals surface area contributed by atoms with Crippen molar-refractivity contribution in [3.05, 3.63) is 54.1 Å². The van der Waals surface area contributed by atoms with Crippen molar-refractivity contribution in [3.8, 4) is 0 Å². The van der Waals surface area contributed by atoms with Crippen molar-refractivity contribution in [2.24, 2.45) is 0 Å². The van der Waals surface area contributed by atoms with E-state index in [2.05, 4.69) is 0 Å². The van der Waals surface area contributed by atoms with Gasteiger partial charge in [-0.1, -0.05) is 12.1 Å². The van der Waals surface area contributed by atoms with Crippen LogP contribution in [0.4, 0.5) is 17.1 Å². The van der Waals surface area contributed by atoms with Gasteiger partial charge in [-0.05, 0) is 43.3 Å². The quantitative estimate of drug-likeness (QED) is 0.878. The maximum atomic E-state index is 12.7. The summed E-state index contributed by atoms with van der Waals surface area (Å²) in [7, 11) is 3.91. The SMILES string of the molecule is CCN(C(=O)c1cccc(N(C)C)c1)c1cccc(N)c1. The molecule has 0 unspecified atom stereocenters. The number of amides is 1. The topological polar surface area (TPSA) is 49.6 Å². The third kappa shape index (κ3) is 3.34. The van der Waals surface area contributed by atoms with Crippen LogP contribution in [-0.4, -0.2) is 26.5 Å². The van der Waals surface area contributed by atoms with Crippen LogP contribution in [0.5, 0.6) is 0 Å². The van der Waals surface area contributed by atoms with Crippen molar-refractivity contribution in [1.82, 2.24) is 0 Å². The van der Waals surface area contributed by atoms with Crippen molar-refractivity contribution in [2.75, 3.05) is 36.2 Å². The van der Waals surface area contributed by atoms with Crippen LogP contribution in [0, 0.1) is 0 Å². The van der Waals surface area contributed by atoms with Gasteiger partial charge >= 0.3 is 0 Å². The summed E-state index contributed by atoms with van der Waals surface area (Å²) in [5, 5.41) is 0. The van der Waals surface area contributed by atoms with Crippen LogP contribution in [0.3, 0.4) is 0 Å². The van der Waals surface area contributed by atoms with E-state index in [1.165, 1.54) is 0 Å². The summed E-state index contributed by atoms with van der Waals surface area (Å²) in [4.78, 5) is 16.4. The fourth-order valence-corrected chi connectivity index (χ4v) is 2.21. The van der Waals surface area contributed by atoms with Crippen molar-refractivity contribution in [2.45, 2.75) is 6.92 Å². The second-order valence-corrected chi connectivity index (χ2v) is 5.09. The predicted octanol–water partition coefficient (Wildman–Crippen LogP) is 3.00. The molecule has 2 N–H and O–H groups in total. The number of hydrogen-bond donors (Lipinski definition) is 1. The molecule has 4 heteroatoms. The molecule has 4 nitrogen and oxygen atoms in total. The summed E-state index contributed by atoms with van der Waals surface area (Å²) >= 11 is 0. The Balaban J connectivity index is 2.34. The molecule has 0 spiro atoms. The highest BCUT2D eigenvalue weighted by molar-refractivity contribution is 6.06. The Morgan fingerprint density at radius 1 is 1.05 bits per heavy atom. The molecule has 110 valence electrons. The molecule has 0 fully saturated rings. The number of hydrogen-bond acceptors (Lipinski definition) is 3. The highest BCUT2D eigenvalue weighted by Gasteiger charge is 2.16. The van der Waals surface area contributed by atoms with Gasteiger partial charge in [0.2, 0.25) is 0 Å². The minimum Gasteiger partial charge on any atom is -0.399 e. The number of nitrogens with two attached hydrogens (primary N) is 1. The summed E-state index contributed by atoms with van der Waals surface area (Å²) in [6.07, 6.45) is 0. The van der Waals surface area contributed by atoms with Crippen LogP contribution in [0.25, 0.3) is 0 Å². The molecule has 0 heterocycles. The number of nitrogens with zero attached hydrogens (tertiary/aromatic N) is 2. The van der Waals surface area contributed by atoms with E-state index in [1.54, 1.807) is 4.90 Å². The Hall–Kier alpha value is -2.49. The molecule has 0 saturated heterocycles. The van der Waals surface area contributed by atoms with Crippen LogP contribution in [0.15, 0.2) is 48.5 Å². The fraction of sp³-hybridized carbons (Fsp3) is 0.235. The Labute approximate surface area is 125 Å². The number of anilines is 3. The number of carbonyl (C=O) groups is 1. The highest BCUT2D eigenvalue weighted by Crippen LogP contribution is 2.21. The summed E-state index contributed by atoms with van der Waals surface area (Å²) in [5.74, 6) is -0.0215. The molecule has 1 amide bonds. The van der Waals surface area contributed by atoms with E-state index in [0.29, 0.717) is 17.8 Å². The Bertz CT molecular complexity index is 637. The van der Waals surface area contributed by atoms with E-state index in [-0.39, 0.29) is 5.91 Å². The van der Waals surface area contributed by atoms with Gasteiger partial charge in [0.05, 0.1) is 0 Å². The van der Waals surface area contributed by atoms with Crippen molar-refractivity contribution in [3.63, 3.8) is 0 Å². The lowest BCUT2D eigenvalue weighted by Gasteiger charge is -2.22. The number of benzene rings is 2. The van der Waals surface area contributed by atoms with E-state index in [9.17, 15) is 4.79 Å². The van der Waals surface area contributed by atoms with Crippen molar-refractivity contribution < 1.29 is 4.79 Å². The standard InChI is InChI=1S/C17H21N3O/c1-4-20(16-10-6-8-14(18)12-16)17(21)13-7-5-9-15(11-13)19(2)3/h5-12H,4,18H2,1-3H3. The molecule has 0 aliphatic carbocycles. The zero-order valence-corrected chi connectivity index (χ0v) is 12.7. The van der Waals surface area contributed by atoms with Gasteiger partial charge in [-0.25, -0.2) is 0 Å². The monoisotopic (exact) mass is 283 g/mol. The lowest BCUT2D eigenvalue weighted by atomic mass is 10.1. The average Bonchev–Trinajstić information content (AvgIpc) is 2.48. The predicted molar refractivity (Wildman–Crippen MR) is 89.0 cm³/mol. The van der Waals surface area contributed by atoms with E-state index >= 15 is 0 Å². The lowest BCUT2D eigenvalue weighted by molar-refractivity contribution is 0.0988. The molecule has 2 rings (SSSR count). The number of rotatable bonds is 4. The zero-order valence-electron chi connectivity index (χ0n) is 12.7. The molecule has 0 saturated carbocycles. The largest absolute Gasteiger partial charge is 0.399 e. The van der Waals surface area contributed by atoms with Gasteiger partial charge in [0.15, 0.2) is 0 Å². The molecule has 2 aromatic carbocycles. The summed E-state index contributed by atoms with van der Waals surface area (Å²) in [6.45, 7) is 2.55. The Morgan fingerprint density at radius 3 is 2.33 bits per heavy atom. The van der Waals surface area contributed by atoms with E-state index in [4.69, 9.17) is 5.73 Å². The third-order valence-electron chi connectivity index (χ3n) is 3.35. The second kappa shape index (κ2) is 6.31. The molecule has 0 aliphatic rings. The normalized spacial score (nSPS) is 10.2. The lowest BCUT2D eigenvalue weighted by Crippen LogP contribution is -2.30. The minimum atomic E-state index is -0.0215. The van der Waals surface area contributed by atoms with Gasteiger partial charge in [-0.3, -0.25) is 4.79 Å². The average molecular weight is 283 g/mol. The van der Waals surface area contributed by atoms with Gasteiger partial charge in [0, 0.05) is 43.3 Å². The molecule has 21 heavy (non-hydrogen) atoms. The molecular weight excluding hydrogens is 262 g/mol. The first kappa shape index (κ1) is 14.9. The van der Waals surface area contributed by atoms with Gasteiger partial charge in [-0.2, -0.15) is 0 Å². The fourth-order valence-electron chi connectivity index (χ4n) is 2.21. The molecule has 0 aliphatic heterocycles. The summed E-state index contributed by atoms with van der Waals surface area (Å²) in [5.41, 5.74) is 8.96. The number of carbonyl (C=O) groups excluding carboxylic acids is 1. The maximum Gasteiger partial charge on any atom is 0.258 e. The molecule has 0 atom stereocenters. The summed E-state index contributed by atoms with van der Waals surface area (Å²) < 4.78 is 0. The smallest absolute Gasteiger partial charge is 0.258 e. The molecule has 0 aromatic heterocycles. The zero-order chi connectivity index (χ0) is 15.4. The van der Waals surface area contributed by atoms with Crippen LogP contribution >= 0.6 is 0 Å². The van der Waals surface area contributed by atoms with Gasteiger partial charge in [0.25, 0.3) is 5.91 Å². The first-order chi connectivity index (χ1) is 10.0. The number of nitrogen functional groups attached to an aromatic ring is 1.